The molecule has 0 aromatic heterocycles. The van der Waals surface area contributed by atoms with Crippen LogP contribution in [0.2, 0.25) is 0 Å². The fourth-order valence-electron chi connectivity index (χ4n) is 2.71. The van der Waals surface area contributed by atoms with Crippen molar-refractivity contribution in [1.82, 2.24) is 4.90 Å². The van der Waals surface area contributed by atoms with Crippen LogP contribution in [0.25, 0.3) is 0 Å². The first-order valence-corrected chi connectivity index (χ1v) is 7.08. The largest absolute Gasteiger partial charge is 0.303 e. The van der Waals surface area contributed by atoms with E-state index in [1.807, 2.05) is 6.92 Å². The Bertz CT molecular complexity index is 374. The molecule has 1 aliphatic heterocycles. The Labute approximate surface area is 110 Å². The van der Waals surface area contributed by atoms with Gasteiger partial charge < -0.3 is 4.90 Å². The Balaban J connectivity index is 1.74. The van der Waals surface area contributed by atoms with Gasteiger partial charge >= 0.3 is 0 Å². The highest BCUT2D eigenvalue weighted by Crippen LogP contribution is 2.26. The van der Waals surface area contributed by atoms with E-state index in [-0.39, 0.29) is 0 Å². The van der Waals surface area contributed by atoms with Crippen LogP contribution in [0.4, 0.5) is 0 Å². The van der Waals surface area contributed by atoms with Crippen molar-refractivity contribution in [3.05, 3.63) is 35.9 Å². The third kappa shape index (κ3) is 3.67. The minimum atomic E-state index is 0.397. The Morgan fingerprint density at radius 3 is 2.83 bits per heavy atom. The van der Waals surface area contributed by atoms with E-state index in [0.29, 0.717) is 18.1 Å². The molecule has 0 N–H and O–H groups in total. The van der Waals surface area contributed by atoms with Gasteiger partial charge in [-0.05, 0) is 37.4 Å². The first kappa shape index (κ1) is 13.3. The summed E-state index contributed by atoms with van der Waals surface area (Å²) >= 11 is 0. The molecule has 1 aliphatic rings. The normalized spacial score (nSPS) is 20.2. The van der Waals surface area contributed by atoms with Gasteiger partial charge in [-0.25, -0.2) is 0 Å². The minimum Gasteiger partial charge on any atom is -0.303 e. The van der Waals surface area contributed by atoms with Crippen molar-refractivity contribution in [1.29, 1.82) is 0 Å². The molecule has 0 radical (unpaired) electrons. The molecule has 98 valence electrons. The molecule has 1 aromatic rings. The van der Waals surface area contributed by atoms with Crippen LogP contribution in [0.15, 0.2) is 30.3 Å². The van der Waals surface area contributed by atoms with Gasteiger partial charge in [-0.1, -0.05) is 37.3 Å². The van der Waals surface area contributed by atoms with Crippen LogP contribution in [0.5, 0.6) is 0 Å². The molecule has 0 bridgehead atoms. The number of carbonyl (C=O) groups is 1. The van der Waals surface area contributed by atoms with Crippen LogP contribution in [0.1, 0.15) is 44.1 Å². The molecule has 2 heteroatoms. The van der Waals surface area contributed by atoms with Crippen molar-refractivity contribution in [3.8, 4) is 0 Å². The van der Waals surface area contributed by atoms with E-state index < -0.39 is 0 Å². The summed E-state index contributed by atoms with van der Waals surface area (Å²) < 4.78 is 0. The molecule has 2 nitrogen and oxygen atoms in total. The van der Waals surface area contributed by atoms with E-state index in [2.05, 4.69) is 35.2 Å². The second kappa shape index (κ2) is 6.69. The molecular weight excluding hydrogens is 222 g/mol. The van der Waals surface area contributed by atoms with E-state index >= 15 is 0 Å². The molecule has 18 heavy (non-hydrogen) atoms. The number of likely N-dealkylation sites (tertiary alicyclic amines) is 1. The zero-order chi connectivity index (χ0) is 12.8. The van der Waals surface area contributed by atoms with Crippen LogP contribution in [-0.4, -0.2) is 30.3 Å². The smallest absolute Gasteiger partial charge is 0.132 e. The summed E-state index contributed by atoms with van der Waals surface area (Å²) in [5.74, 6) is 1.09. The van der Waals surface area contributed by atoms with Gasteiger partial charge in [0.15, 0.2) is 0 Å². The van der Waals surface area contributed by atoms with Crippen LogP contribution in [0.3, 0.4) is 0 Å². The van der Waals surface area contributed by atoms with Crippen molar-refractivity contribution in [2.45, 2.75) is 38.5 Å². The van der Waals surface area contributed by atoms with E-state index in [9.17, 15) is 4.79 Å². The number of carbonyl (C=O) groups excluding carboxylic acids is 1. The Morgan fingerprint density at radius 1 is 1.33 bits per heavy atom. The molecule has 1 atom stereocenters. The summed E-state index contributed by atoms with van der Waals surface area (Å²) in [6.07, 6.45) is 3.72. The number of hydrogen-bond acceptors (Lipinski definition) is 2. The summed E-state index contributed by atoms with van der Waals surface area (Å²) in [6, 6.07) is 10.8. The average Bonchev–Trinajstić information content (AvgIpc) is 2.88. The van der Waals surface area contributed by atoms with E-state index in [1.54, 1.807) is 0 Å². The van der Waals surface area contributed by atoms with E-state index in [1.165, 1.54) is 18.5 Å². The van der Waals surface area contributed by atoms with Gasteiger partial charge in [0.2, 0.25) is 0 Å². The summed E-state index contributed by atoms with van der Waals surface area (Å²) in [5.41, 5.74) is 1.46. The van der Waals surface area contributed by atoms with Crippen LogP contribution >= 0.6 is 0 Å². The maximum atomic E-state index is 11.3. The van der Waals surface area contributed by atoms with E-state index in [0.717, 1.165) is 25.9 Å². The maximum absolute atomic E-state index is 11.3. The molecule has 1 unspecified atom stereocenters. The van der Waals surface area contributed by atoms with Crippen molar-refractivity contribution >= 4 is 5.78 Å². The number of hydrogen-bond donors (Lipinski definition) is 0. The number of benzene rings is 1. The topological polar surface area (TPSA) is 20.3 Å². The van der Waals surface area contributed by atoms with Crippen molar-refractivity contribution in [2.24, 2.45) is 0 Å². The molecular formula is C16H23NO. The summed E-state index contributed by atoms with van der Waals surface area (Å²) in [4.78, 5) is 13.8. The fourth-order valence-corrected chi connectivity index (χ4v) is 2.71. The molecule has 1 aromatic carbocycles. The lowest BCUT2D eigenvalue weighted by atomic mass is 9.99. The van der Waals surface area contributed by atoms with Gasteiger partial charge in [0.05, 0.1) is 0 Å². The predicted molar refractivity (Wildman–Crippen MR) is 74.8 cm³/mol. The predicted octanol–water partition coefficient (Wildman–Crippen LogP) is 3.24. The molecule has 1 heterocycles. The molecule has 1 saturated heterocycles. The highest BCUT2D eigenvalue weighted by atomic mass is 16.1. The zero-order valence-electron chi connectivity index (χ0n) is 11.3. The molecule has 0 spiro atoms. The highest BCUT2D eigenvalue weighted by Gasteiger charge is 2.23. The van der Waals surface area contributed by atoms with Crippen molar-refractivity contribution in [3.63, 3.8) is 0 Å². The van der Waals surface area contributed by atoms with Crippen molar-refractivity contribution < 1.29 is 4.79 Å². The number of nitrogens with zero attached hydrogens (tertiary/aromatic N) is 1. The first-order valence-electron chi connectivity index (χ1n) is 7.08. The van der Waals surface area contributed by atoms with Gasteiger partial charge in [-0.15, -0.1) is 0 Å². The minimum absolute atomic E-state index is 0.397. The molecule has 1 fully saturated rings. The standard InChI is InChI=1S/C16H23NO/c1-2-16(18)9-6-11-17-12-10-15(13-17)14-7-4-3-5-8-14/h3-5,7-8,15H,2,6,9-13H2,1H3. The van der Waals surface area contributed by atoms with Crippen LogP contribution in [0, 0.1) is 0 Å². The van der Waals surface area contributed by atoms with Gasteiger partial charge in [0.25, 0.3) is 0 Å². The van der Waals surface area contributed by atoms with Crippen LogP contribution in [-0.2, 0) is 4.79 Å². The summed E-state index contributed by atoms with van der Waals surface area (Å²) in [7, 11) is 0. The lowest BCUT2D eigenvalue weighted by Crippen LogP contribution is -2.22. The molecule has 0 saturated carbocycles. The third-order valence-electron chi connectivity index (χ3n) is 3.87. The number of rotatable bonds is 6. The summed E-state index contributed by atoms with van der Waals surface area (Å²) in [5, 5.41) is 0. The zero-order valence-corrected chi connectivity index (χ0v) is 11.3. The summed E-state index contributed by atoms with van der Waals surface area (Å²) in [6.45, 7) is 5.36. The monoisotopic (exact) mass is 245 g/mol. The molecule has 0 aliphatic carbocycles. The Kier molecular flexibility index (Phi) is 4.94. The number of ketones is 1. The Morgan fingerprint density at radius 2 is 2.11 bits per heavy atom. The molecule has 2 rings (SSSR count). The van der Waals surface area contributed by atoms with Gasteiger partial charge in [-0.3, -0.25) is 4.79 Å². The van der Waals surface area contributed by atoms with E-state index in [4.69, 9.17) is 0 Å². The lowest BCUT2D eigenvalue weighted by molar-refractivity contribution is -0.118. The van der Waals surface area contributed by atoms with Gasteiger partial charge in [-0.2, -0.15) is 0 Å². The second-order valence-electron chi connectivity index (χ2n) is 5.19. The maximum Gasteiger partial charge on any atom is 0.132 e. The van der Waals surface area contributed by atoms with Gasteiger partial charge in [0.1, 0.15) is 5.78 Å². The number of Topliss-reactive ketones (excluding diaryl/α,β-unsaturated/α-hetero) is 1. The second-order valence-corrected chi connectivity index (χ2v) is 5.19. The Hall–Kier alpha value is -1.15. The highest BCUT2D eigenvalue weighted by molar-refractivity contribution is 5.77. The fraction of sp³-hybridized carbons (Fsp3) is 0.562. The quantitative estimate of drug-likeness (QED) is 0.767. The lowest BCUT2D eigenvalue weighted by Gasteiger charge is -2.15. The molecule has 0 amide bonds. The third-order valence-corrected chi connectivity index (χ3v) is 3.87. The SMILES string of the molecule is CCC(=O)CCCN1CCC(c2ccccc2)C1. The average molecular weight is 245 g/mol. The van der Waals surface area contributed by atoms with Crippen molar-refractivity contribution in [2.75, 3.05) is 19.6 Å². The van der Waals surface area contributed by atoms with Gasteiger partial charge in [0, 0.05) is 19.4 Å². The first-order chi connectivity index (χ1) is 8.79. The van der Waals surface area contributed by atoms with Crippen LogP contribution < -0.4 is 0 Å².